The summed E-state index contributed by atoms with van der Waals surface area (Å²) in [6, 6.07) is 59.9. The van der Waals surface area contributed by atoms with Crippen molar-refractivity contribution in [2.75, 3.05) is 4.90 Å². The Morgan fingerprint density at radius 2 is 1.10 bits per heavy atom. The van der Waals surface area contributed by atoms with Crippen LogP contribution in [-0.4, -0.2) is 23.9 Å². The zero-order valence-electron chi connectivity index (χ0n) is 31.1. The van der Waals surface area contributed by atoms with Crippen LogP contribution in [0.4, 0.5) is 5.69 Å². The highest BCUT2D eigenvalue weighted by molar-refractivity contribution is 6.21. The minimum absolute atomic E-state index is 0.165. The van der Waals surface area contributed by atoms with Gasteiger partial charge in [-0.25, -0.2) is 4.99 Å². The first-order chi connectivity index (χ1) is 28.7. The average Bonchev–Trinajstić information content (AvgIpc) is 3.96. The SMILES string of the molecule is C1=c2oc(-c3ccccc3)c(-c3ccccc3)c2=CC2N=C3N=C(Oc4ccccc4)c4cc5cc6oc(-c7ccccc7)c(-c7ccccc7)c6cc5cc4N3C12. The number of anilines is 1. The first-order valence-corrected chi connectivity index (χ1v) is 19.5. The van der Waals surface area contributed by atoms with Crippen LogP contribution in [-0.2, 0) is 0 Å². The van der Waals surface area contributed by atoms with Gasteiger partial charge in [0.15, 0.2) is 0 Å². The molecule has 2 aromatic heterocycles. The number of hydrogen-bond donors (Lipinski definition) is 0. The van der Waals surface area contributed by atoms with Crippen molar-refractivity contribution in [1.29, 1.82) is 0 Å². The second kappa shape index (κ2) is 12.9. The van der Waals surface area contributed by atoms with Crippen molar-refractivity contribution in [3.63, 3.8) is 0 Å². The van der Waals surface area contributed by atoms with Crippen LogP contribution in [0.25, 0.3) is 78.8 Å². The molecule has 0 N–H and O–H groups in total. The minimum atomic E-state index is -0.205. The molecule has 2 aliphatic heterocycles. The third-order valence-electron chi connectivity index (χ3n) is 11.4. The van der Waals surface area contributed by atoms with Crippen molar-refractivity contribution >= 4 is 51.4 Å². The van der Waals surface area contributed by atoms with E-state index < -0.39 is 0 Å². The van der Waals surface area contributed by atoms with Gasteiger partial charge >= 0.3 is 0 Å². The highest BCUT2D eigenvalue weighted by Crippen LogP contribution is 2.44. The normalized spacial score (nSPS) is 16.4. The van der Waals surface area contributed by atoms with Gasteiger partial charge in [-0.05, 0) is 70.4 Å². The molecule has 0 radical (unpaired) electrons. The Balaban J connectivity index is 1.07. The van der Waals surface area contributed by atoms with Crippen LogP contribution in [0, 0.1) is 0 Å². The van der Waals surface area contributed by atoms with Gasteiger partial charge in [-0.15, -0.1) is 0 Å². The van der Waals surface area contributed by atoms with Crippen LogP contribution in [0.2, 0.25) is 0 Å². The van der Waals surface area contributed by atoms with Gasteiger partial charge in [0.25, 0.3) is 0 Å². The van der Waals surface area contributed by atoms with Crippen molar-refractivity contribution < 1.29 is 13.6 Å². The maximum Gasteiger partial charge on any atom is 0.231 e. The van der Waals surface area contributed by atoms with E-state index in [0.29, 0.717) is 17.6 Å². The Labute approximate surface area is 333 Å². The summed E-state index contributed by atoms with van der Waals surface area (Å²) in [7, 11) is 0. The highest BCUT2D eigenvalue weighted by atomic mass is 16.5. The number of rotatable bonds is 5. The van der Waals surface area contributed by atoms with Crippen molar-refractivity contribution in [3.8, 4) is 50.7 Å². The number of para-hydroxylation sites is 1. The molecule has 9 aromatic rings. The van der Waals surface area contributed by atoms with Crippen LogP contribution in [0.5, 0.6) is 5.75 Å². The molecule has 6 heteroatoms. The number of furan rings is 2. The van der Waals surface area contributed by atoms with E-state index in [1.165, 1.54) is 0 Å². The smallest absolute Gasteiger partial charge is 0.231 e. The van der Waals surface area contributed by atoms with Crippen LogP contribution >= 0.6 is 0 Å². The van der Waals surface area contributed by atoms with Crippen molar-refractivity contribution in [1.82, 2.24) is 0 Å². The Kier molecular flexibility index (Phi) is 7.25. The van der Waals surface area contributed by atoms with Gasteiger partial charge in [-0.3, -0.25) is 0 Å². The van der Waals surface area contributed by atoms with Crippen molar-refractivity contribution in [2.24, 2.45) is 9.98 Å². The molecule has 1 aliphatic carbocycles. The summed E-state index contributed by atoms with van der Waals surface area (Å²) >= 11 is 0. The van der Waals surface area contributed by atoms with Gasteiger partial charge in [-0.1, -0.05) is 140 Å². The monoisotopic (exact) mass is 747 g/mol. The lowest BCUT2D eigenvalue weighted by Crippen LogP contribution is -2.45. The quantitative estimate of drug-likeness (QED) is 0.176. The molecule has 0 spiro atoms. The fourth-order valence-electron chi connectivity index (χ4n) is 8.74. The molecule has 274 valence electrons. The van der Waals surface area contributed by atoms with E-state index in [1.54, 1.807) is 0 Å². The molecule has 0 fully saturated rings. The second-order valence-corrected chi connectivity index (χ2v) is 14.9. The molecule has 6 nitrogen and oxygen atoms in total. The van der Waals surface area contributed by atoms with Crippen molar-refractivity contribution in [2.45, 2.75) is 12.1 Å². The first-order valence-electron chi connectivity index (χ1n) is 19.5. The van der Waals surface area contributed by atoms with Crippen LogP contribution in [0.3, 0.4) is 0 Å². The largest absolute Gasteiger partial charge is 0.456 e. The second-order valence-electron chi connectivity index (χ2n) is 14.9. The molecule has 12 rings (SSSR count). The summed E-state index contributed by atoms with van der Waals surface area (Å²) in [6.07, 6.45) is 4.48. The molecular formula is C52H33N3O3. The van der Waals surface area contributed by atoms with Crippen LogP contribution in [0.15, 0.2) is 195 Å². The Hall–Kier alpha value is -7.70. The van der Waals surface area contributed by atoms with E-state index in [2.05, 4.69) is 126 Å². The summed E-state index contributed by atoms with van der Waals surface area (Å²) in [5.41, 5.74) is 9.90. The molecule has 0 amide bonds. The molecule has 4 heterocycles. The zero-order valence-corrected chi connectivity index (χ0v) is 31.1. The number of ether oxygens (including phenoxy) is 1. The Morgan fingerprint density at radius 1 is 0.534 bits per heavy atom. The van der Waals surface area contributed by atoms with E-state index in [-0.39, 0.29) is 12.1 Å². The number of nitrogens with zero attached hydrogens (tertiary/aromatic N) is 3. The minimum Gasteiger partial charge on any atom is -0.456 e. The molecule has 0 bridgehead atoms. The van der Waals surface area contributed by atoms with E-state index in [1.807, 2.05) is 66.7 Å². The third kappa shape index (κ3) is 5.19. The number of benzene rings is 7. The molecule has 2 unspecified atom stereocenters. The van der Waals surface area contributed by atoms with Crippen LogP contribution < -0.4 is 20.3 Å². The van der Waals surface area contributed by atoms with Crippen LogP contribution in [0.1, 0.15) is 5.56 Å². The topological polar surface area (TPSA) is 63.5 Å². The summed E-state index contributed by atoms with van der Waals surface area (Å²) in [5, 5.41) is 4.19. The fourth-order valence-corrected chi connectivity index (χ4v) is 8.74. The third-order valence-corrected chi connectivity index (χ3v) is 11.4. The molecule has 2 atom stereocenters. The van der Waals surface area contributed by atoms with Gasteiger partial charge in [0.2, 0.25) is 11.9 Å². The summed E-state index contributed by atoms with van der Waals surface area (Å²) in [6.45, 7) is 0. The predicted octanol–water partition coefficient (Wildman–Crippen LogP) is 10.9. The maximum atomic E-state index is 6.83. The van der Waals surface area contributed by atoms with Gasteiger partial charge in [0.05, 0.1) is 23.3 Å². The zero-order chi connectivity index (χ0) is 38.2. The molecule has 7 aromatic carbocycles. The highest BCUT2D eigenvalue weighted by Gasteiger charge is 2.42. The first kappa shape index (κ1) is 32.5. The van der Waals surface area contributed by atoms with Gasteiger partial charge in [0, 0.05) is 32.9 Å². The Bertz CT molecular complexity index is 3240. The lowest BCUT2D eigenvalue weighted by molar-refractivity contribution is 0.538. The Morgan fingerprint density at radius 3 is 1.76 bits per heavy atom. The lowest BCUT2D eigenvalue weighted by Gasteiger charge is -2.32. The summed E-state index contributed by atoms with van der Waals surface area (Å²) in [5.74, 6) is 3.51. The van der Waals surface area contributed by atoms with E-state index in [9.17, 15) is 0 Å². The molecule has 0 saturated carbocycles. The number of hydrogen-bond acceptors (Lipinski definition) is 6. The number of guanidine groups is 1. The number of fused-ring (bicyclic) bond motifs is 8. The molecule has 3 aliphatic rings. The standard InChI is InChI=1S/C52H33N3O3/c1-6-16-32(17-7-1)47-40-27-36-28-43-39(26-37(36)29-45(40)57-49(47)34-20-10-3-11-21-34)51(56-38-24-14-5-15-25-38)54-52-53-42-30-41-46(31-44(42)55(43)52)58-50(35-22-12-4-13-23-35)48(41)33-18-8-2-9-19-33/h1-31,42,44H. The molecule has 58 heavy (non-hydrogen) atoms. The maximum absolute atomic E-state index is 6.83. The van der Waals surface area contributed by atoms with Gasteiger partial charge < -0.3 is 18.5 Å². The molecular weight excluding hydrogens is 715 g/mol. The van der Waals surface area contributed by atoms with Gasteiger partial charge in [0.1, 0.15) is 28.3 Å². The summed E-state index contributed by atoms with van der Waals surface area (Å²) < 4.78 is 20.2. The predicted molar refractivity (Wildman–Crippen MR) is 233 cm³/mol. The van der Waals surface area contributed by atoms with Gasteiger partial charge in [-0.2, -0.15) is 4.99 Å². The molecule has 0 saturated heterocycles. The van der Waals surface area contributed by atoms with E-state index in [0.717, 1.165) is 88.5 Å². The van der Waals surface area contributed by atoms with E-state index in [4.69, 9.17) is 23.6 Å². The lowest BCUT2D eigenvalue weighted by atomic mass is 9.94. The van der Waals surface area contributed by atoms with Crippen molar-refractivity contribution in [3.05, 3.63) is 192 Å². The number of aliphatic imine (C=N–C) groups is 2. The fraction of sp³-hybridized carbons (Fsp3) is 0.0385. The summed E-state index contributed by atoms with van der Waals surface area (Å²) in [4.78, 5) is 12.7. The average molecular weight is 748 g/mol. The van der Waals surface area contributed by atoms with E-state index >= 15 is 0 Å².